The smallest absolute Gasteiger partial charge is 0.0826 e. The first-order valence-electron chi connectivity index (χ1n) is 4.84. The number of hydrogen-bond acceptors (Lipinski definition) is 4. The van der Waals surface area contributed by atoms with Crippen LogP contribution in [0.15, 0.2) is 0 Å². The number of morpholine rings is 1. The summed E-state index contributed by atoms with van der Waals surface area (Å²) < 4.78 is 5.62. The van der Waals surface area contributed by atoms with Crippen molar-refractivity contribution in [2.24, 2.45) is 0 Å². The van der Waals surface area contributed by atoms with Crippen molar-refractivity contribution in [2.45, 2.75) is 6.10 Å². The molecule has 4 heteroatoms. The number of ether oxygens (including phenoxy) is 1. The zero-order valence-electron chi connectivity index (χ0n) is 8.58. The van der Waals surface area contributed by atoms with E-state index in [-0.39, 0.29) is 0 Å². The quantitative estimate of drug-likeness (QED) is 0.695. The first-order valence-corrected chi connectivity index (χ1v) is 6.23. The van der Waals surface area contributed by atoms with Crippen LogP contribution in [0.3, 0.4) is 0 Å². The summed E-state index contributed by atoms with van der Waals surface area (Å²) in [6.07, 6.45) is 2.55. The van der Waals surface area contributed by atoms with Crippen LogP contribution in [0.25, 0.3) is 0 Å². The van der Waals surface area contributed by atoms with Crippen LogP contribution in [-0.2, 0) is 4.74 Å². The monoisotopic (exact) mass is 204 g/mol. The Morgan fingerprint density at radius 3 is 3.15 bits per heavy atom. The SMILES string of the molecule is CNCC1CN(CCSC)CCO1. The summed E-state index contributed by atoms with van der Waals surface area (Å²) in [4.78, 5) is 2.49. The number of rotatable bonds is 5. The molecule has 13 heavy (non-hydrogen) atoms. The van der Waals surface area contributed by atoms with Gasteiger partial charge in [-0.2, -0.15) is 11.8 Å². The van der Waals surface area contributed by atoms with Gasteiger partial charge in [-0.3, -0.25) is 4.90 Å². The molecule has 1 rings (SSSR count). The molecule has 78 valence electrons. The van der Waals surface area contributed by atoms with Crippen LogP contribution < -0.4 is 5.32 Å². The average molecular weight is 204 g/mol. The summed E-state index contributed by atoms with van der Waals surface area (Å²) >= 11 is 1.91. The molecule has 1 N–H and O–H groups in total. The highest BCUT2D eigenvalue weighted by molar-refractivity contribution is 7.98. The van der Waals surface area contributed by atoms with Crippen LogP contribution in [0.1, 0.15) is 0 Å². The second-order valence-electron chi connectivity index (χ2n) is 3.34. The molecular formula is C9H20N2OS. The molecule has 1 unspecified atom stereocenters. The van der Waals surface area contributed by atoms with E-state index in [1.165, 1.54) is 12.3 Å². The van der Waals surface area contributed by atoms with Gasteiger partial charge in [-0.15, -0.1) is 0 Å². The van der Waals surface area contributed by atoms with E-state index in [4.69, 9.17) is 4.74 Å². The molecule has 1 saturated heterocycles. The second-order valence-corrected chi connectivity index (χ2v) is 4.33. The molecule has 0 radical (unpaired) electrons. The van der Waals surface area contributed by atoms with E-state index in [0.717, 1.165) is 26.2 Å². The summed E-state index contributed by atoms with van der Waals surface area (Å²) in [5.41, 5.74) is 0. The molecule has 0 aromatic heterocycles. The fourth-order valence-corrected chi connectivity index (χ4v) is 2.00. The minimum Gasteiger partial charge on any atom is -0.374 e. The van der Waals surface area contributed by atoms with Crippen LogP contribution in [0.4, 0.5) is 0 Å². The predicted octanol–water partition coefficient (Wildman–Crippen LogP) is 0.270. The fourth-order valence-electron chi connectivity index (χ4n) is 1.56. The van der Waals surface area contributed by atoms with Gasteiger partial charge in [-0.25, -0.2) is 0 Å². The number of likely N-dealkylation sites (N-methyl/N-ethyl adjacent to an activating group) is 1. The van der Waals surface area contributed by atoms with Gasteiger partial charge in [0.15, 0.2) is 0 Å². The number of nitrogens with zero attached hydrogens (tertiary/aromatic N) is 1. The van der Waals surface area contributed by atoms with Gasteiger partial charge in [0.1, 0.15) is 0 Å². The van der Waals surface area contributed by atoms with Crippen LogP contribution in [0, 0.1) is 0 Å². The lowest BCUT2D eigenvalue weighted by Gasteiger charge is -2.32. The van der Waals surface area contributed by atoms with Crippen molar-refractivity contribution < 1.29 is 4.74 Å². The second kappa shape index (κ2) is 6.65. The van der Waals surface area contributed by atoms with E-state index < -0.39 is 0 Å². The Balaban J connectivity index is 2.16. The zero-order valence-corrected chi connectivity index (χ0v) is 9.40. The molecule has 0 bridgehead atoms. The molecule has 1 heterocycles. The van der Waals surface area contributed by atoms with E-state index in [0.29, 0.717) is 6.10 Å². The Bertz CT molecular complexity index is 133. The molecule has 0 aliphatic carbocycles. The molecule has 0 amide bonds. The highest BCUT2D eigenvalue weighted by Gasteiger charge is 2.18. The van der Waals surface area contributed by atoms with Gasteiger partial charge in [-0.05, 0) is 13.3 Å². The molecular weight excluding hydrogens is 184 g/mol. The maximum Gasteiger partial charge on any atom is 0.0826 e. The van der Waals surface area contributed by atoms with Crippen molar-refractivity contribution in [1.82, 2.24) is 10.2 Å². The first-order chi connectivity index (χ1) is 6.36. The van der Waals surface area contributed by atoms with Gasteiger partial charge in [0, 0.05) is 31.9 Å². The lowest BCUT2D eigenvalue weighted by atomic mass is 10.2. The largest absolute Gasteiger partial charge is 0.374 e. The van der Waals surface area contributed by atoms with Crippen molar-refractivity contribution in [3.8, 4) is 0 Å². The van der Waals surface area contributed by atoms with E-state index in [1.807, 2.05) is 18.8 Å². The predicted molar refractivity (Wildman–Crippen MR) is 58.5 cm³/mol. The van der Waals surface area contributed by atoms with Gasteiger partial charge >= 0.3 is 0 Å². The van der Waals surface area contributed by atoms with Gasteiger partial charge in [0.2, 0.25) is 0 Å². The summed E-state index contributed by atoms with van der Waals surface area (Å²) in [6.45, 7) is 5.24. The third-order valence-electron chi connectivity index (χ3n) is 2.27. The summed E-state index contributed by atoms with van der Waals surface area (Å²) in [5, 5.41) is 3.16. The normalized spacial score (nSPS) is 24.9. The maximum absolute atomic E-state index is 5.62. The average Bonchev–Trinajstić information content (AvgIpc) is 2.16. The van der Waals surface area contributed by atoms with E-state index in [9.17, 15) is 0 Å². The molecule has 0 aromatic rings. The highest BCUT2D eigenvalue weighted by Crippen LogP contribution is 2.05. The van der Waals surface area contributed by atoms with Gasteiger partial charge in [0.05, 0.1) is 12.7 Å². The minimum absolute atomic E-state index is 0.389. The van der Waals surface area contributed by atoms with Gasteiger partial charge in [0.25, 0.3) is 0 Å². The Morgan fingerprint density at radius 2 is 2.46 bits per heavy atom. The number of hydrogen-bond donors (Lipinski definition) is 1. The van der Waals surface area contributed by atoms with Crippen LogP contribution in [0.5, 0.6) is 0 Å². The molecule has 3 nitrogen and oxygen atoms in total. The molecule has 1 aliphatic heterocycles. The molecule has 0 aromatic carbocycles. The van der Waals surface area contributed by atoms with Crippen LogP contribution in [0.2, 0.25) is 0 Å². The van der Waals surface area contributed by atoms with E-state index >= 15 is 0 Å². The standard InChI is InChI=1S/C9H20N2OS/c1-10-7-9-8-11(3-5-12-9)4-6-13-2/h9-10H,3-8H2,1-2H3. The topological polar surface area (TPSA) is 24.5 Å². The van der Waals surface area contributed by atoms with Crippen LogP contribution in [-0.4, -0.2) is 62.8 Å². The molecule has 0 saturated carbocycles. The van der Waals surface area contributed by atoms with Crippen molar-refractivity contribution in [3.05, 3.63) is 0 Å². The summed E-state index contributed by atoms with van der Waals surface area (Å²) in [5.74, 6) is 1.23. The van der Waals surface area contributed by atoms with Crippen LogP contribution >= 0.6 is 11.8 Å². The Hall–Kier alpha value is 0.230. The van der Waals surface area contributed by atoms with E-state index in [2.05, 4.69) is 16.5 Å². The number of nitrogens with one attached hydrogen (secondary N) is 1. The number of thioether (sulfide) groups is 1. The van der Waals surface area contributed by atoms with Gasteiger partial charge < -0.3 is 10.1 Å². The Labute approximate surface area is 85.2 Å². The zero-order chi connectivity index (χ0) is 9.52. The Morgan fingerprint density at radius 1 is 1.62 bits per heavy atom. The van der Waals surface area contributed by atoms with E-state index in [1.54, 1.807) is 0 Å². The minimum atomic E-state index is 0.389. The molecule has 1 fully saturated rings. The fraction of sp³-hybridized carbons (Fsp3) is 1.00. The van der Waals surface area contributed by atoms with Crippen molar-refractivity contribution in [2.75, 3.05) is 51.8 Å². The van der Waals surface area contributed by atoms with Crippen molar-refractivity contribution in [3.63, 3.8) is 0 Å². The maximum atomic E-state index is 5.62. The molecule has 0 spiro atoms. The third-order valence-corrected chi connectivity index (χ3v) is 2.86. The third kappa shape index (κ3) is 4.31. The summed E-state index contributed by atoms with van der Waals surface area (Å²) in [7, 11) is 1.98. The molecule has 1 atom stereocenters. The van der Waals surface area contributed by atoms with Gasteiger partial charge in [-0.1, -0.05) is 0 Å². The highest BCUT2D eigenvalue weighted by atomic mass is 32.2. The van der Waals surface area contributed by atoms with Crippen molar-refractivity contribution >= 4 is 11.8 Å². The summed E-state index contributed by atoms with van der Waals surface area (Å²) in [6, 6.07) is 0. The lowest BCUT2D eigenvalue weighted by Crippen LogP contribution is -2.46. The Kier molecular flexibility index (Phi) is 5.78. The first kappa shape index (κ1) is 11.3. The van der Waals surface area contributed by atoms with Crippen molar-refractivity contribution in [1.29, 1.82) is 0 Å². The molecule has 1 aliphatic rings. The lowest BCUT2D eigenvalue weighted by molar-refractivity contribution is -0.0240.